The highest BCUT2D eigenvalue weighted by molar-refractivity contribution is 7.90. The normalized spacial score (nSPS) is 24.5. The van der Waals surface area contributed by atoms with Crippen LogP contribution in [0.4, 0.5) is 0 Å². The molecule has 8 heteroatoms. The predicted octanol–water partition coefficient (Wildman–Crippen LogP) is -0.407. The summed E-state index contributed by atoms with van der Waals surface area (Å²) in [7, 11) is -3.55. The molecule has 1 atom stereocenters. The quantitative estimate of drug-likeness (QED) is 0.704. The standard InChI is InChI=1S/C14H18N4O3S/c19-13(17-10-4-3-7-15-8-10)9-16-14-11-5-1-2-6-12(11)22(20,21)18-14/h1-2,5-6,10,15H,3-4,7-9H2,(H,16,18)(H,17,19)/t10-/m0/s1. The van der Waals surface area contributed by atoms with Crippen molar-refractivity contribution in [2.45, 2.75) is 23.8 Å². The first kappa shape index (κ1) is 15.0. The molecule has 22 heavy (non-hydrogen) atoms. The first-order valence-electron chi connectivity index (χ1n) is 7.23. The number of carbonyl (C=O) groups excluding carboxylic acids is 1. The molecule has 0 spiro atoms. The van der Waals surface area contributed by atoms with Crippen LogP contribution < -0.4 is 15.4 Å². The van der Waals surface area contributed by atoms with Crippen molar-refractivity contribution in [1.29, 1.82) is 0 Å². The Hall–Kier alpha value is -1.93. The van der Waals surface area contributed by atoms with Crippen LogP contribution in [0, 0.1) is 0 Å². The van der Waals surface area contributed by atoms with E-state index in [0.717, 1.165) is 25.9 Å². The molecule has 3 rings (SSSR count). The number of piperidine rings is 1. The highest BCUT2D eigenvalue weighted by atomic mass is 32.2. The maximum Gasteiger partial charge on any atom is 0.263 e. The van der Waals surface area contributed by atoms with Crippen molar-refractivity contribution in [2.24, 2.45) is 4.99 Å². The van der Waals surface area contributed by atoms with E-state index in [-0.39, 0.29) is 29.2 Å². The van der Waals surface area contributed by atoms with Crippen molar-refractivity contribution in [2.75, 3.05) is 19.6 Å². The highest BCUT2D eigenvalue weighted by Gasteiger charge is 2.30. The van der Waals surface area contributed by atoms with E-state index in [9.17, 15) is 13.2 Å². The summed E-state index contributed by atoms with van der Waals surface area (Å²) in [5.41, 5.74) is 0.509. The number of amidine groups is 1. The third kappa shape index (κ3) is 3.12. The van der Waals surface area contributed by atoms with Gasteiger partial charge in [0.1, 0.15) is 12.4 Å². The van der Waals surface area contributed by atoms with Crippen LogP contribution in [0.15, 0.2) is 34.2 Å². The number of carbonyl (C=O) groups is 1. The highest BCUT2D eigenvalue weighted by Crippen LogP contribution is 2.21. The number of sulfonamides is 1. The number of amides is 1. The number of hydrogen-bond donors (Lipinski definition) is 3. The molecule has 1 aromatic rings. The Morgan fingerprint density at radius 2 is 2.18 bits per heavy atom. The molecule has 0 aliphatic carbocycles. The minimum Gasteiger partial charge on any atom is -0.350 e. The summed E-state index contributed by atoms with van der Waals surface area (Å²) in [4.78, 5) is 16.2. The van der Waals surface area contributed by atoms with E-state index in [1.165, 1.54) is 6.07 Å². The average Bonchev–Trinajstić information content (AvgIpc) is 2.78. The van der Waals surface area contributed by atoms with E-state index in [1.807, 2.05) is 0 Å². The predicted molar refractivity (Wildman–Crippen MR) is 82.2 cm³/mol. The molecule has 2 aliphatic heterocycles. The number of aliphatic imine (C=N–C) groups is 1. The Balaban J connectivity index is 1.67. The van der Waals surface area contributed by atoms with E-state index in [2.05, 4.69) is 20.3 Å². The molecule has 1 amide bonds. The first-order valence-corrected chi connectivity index (χ1v) is 8.71. The van der Waals surface area contributed by atoms with Crippen molar-refractivity contribution in [1.82, 2.24) is 15.4 Å². The molecule has 0 unspecified atom stereocenters. The lowest BCUT2D eigenvalue weighted by atomic mass is 10.1. The molecule has 0 aromatic heterocycles. The minimum absolute atomic E-state index is 0.0946. The van der Waals surface area contributed by atoms with Crippen molar-refractivity contribution in [3.05, 3.63) is 29.8 Å². The SMILES string of the molecule is O=C(CN=C1NS(=O)(=O)c2ccccc21)N[C@H]1CCCNC1. The van der Waals surface area contributed by atoms with E-state index >= 15 is 0 Å². The summed E-state index contributed by atoms with van der Waals surface area (Å²) < 4.78 is 26.2. The molecule has 1 saturated heterocycles. The molecule has 1 fully saturated rings. The third-order valence-electron chi connectivity index (χ3n) is 3.71. The van der Waals surface area contributed by atoms with Crippen LogP contribution in [0.3, 0.4) is 0 Å². The van der Waals surface area contributed by atoms with E-state index in [0.29, 0.717) is 5.56 Å². The summed E-state index contributed by atoms with van der Waals surface area (Å²) in [5.74, 6) is 0.0253. The van der Waals surface area contributed by atoms with Gasteiger partial charge in [0.15, 0.2) is 0 Å². The number of hydrogen-bond acceptors (Lipinski definition) is 5. The zero-order valence-electron chi connectivity index (χ0n) is 12.0. The molecular weight excluding hydrogens is 304 g/mol. The fraction of sp³-hybridized carbons (Fsp3) is 0.429. The Morgan fingerprint density at radius 1 is 1.36 bits per heavy atom. The van der Waals surface area contributed by atoms with Gasteiger partial charge < -0.3 is 10.6 Å². The van der Waals surface area contributed by atoms with Gasteiger partial charge in [-0.05, 0) is 31.5 Å². The van der Waals surface area contributed by atoms with Gasteiger partial charge in [-0.1, -0.05) is 12.1 Å². The second-order valence-corrected chi connectivity index (χ2v) is 7.03. The average molecular weight is 322 g/mol. The third-order valence-corrected chi connectivity index (χ3v) is 5.10. The maximum absolute atomic E-state index is 11.9. The fourth-order valence-corrected chi connectivity index (χ4v) is 3.90. The lowest BCUT2D eigenvalue weighted by Gasteiger charge is -2.23. The lowest BCUT2D eigenvalue weighted by Crippen LogP contribution is -2.46. The molecule has 2 aliphatic rings. The van der Waals surface area contributed by atoms with Gasteiger partial charge in [0, 0.05) is 18.2 Å². The van der Waals surface area contributed by atoms with Crippen LogP contribution in [-0.4, -0.2) is 45.8 Å². The first-order chi connectivity index (χ1) is 10.6. The summed E-state index contributed by atoms with van der Waals surface area (Å²) in [6.07, 6.45) is 1.98. The lowest BCUT2D eigenvalue weighted by molar-refractivity contribution is -0.120. The zero-order chi connectivity index (χ0) is 15.6. The van der Waals surface area contributed by atoms with Crippen molar-refractivity contribution in [3.8, 4) is 0 Å². The minimum atomic E-state index is -3.55. The molecule has 3 N–H and O–H groups in total. The van der Waals surface area contributed by atoms with Crippen LogP contribution >= 0.6 is 0 Å². The molecule has 0 radical (unpaired) electrons. The molecule has 118 valence electrons. The van der Waals surface area contributed by atoms with Gasteiger partial charge in [-0.3, -0.25) is 14.5 Å². The van der Waals surface area contributed by atoms with Gasteiger partial charge in [0.25, 0.3) is 10.0 Å². The number of rotatable bonds is 3. The van der Waals surface area contributed by atoms with Crippen LogP contribution in [0.5, 0.6) is 0 Å². The fourth-order valence-electron chi connectivity index (χ4n) is 2.65. The molecule has 0 saturated carbocycles. The monoisotopic (exact) mass is 322 g/mol. The van der Waals surface area contributed by atoms with E-state index in [1.54, 1.807) is 18.2 Å². The van der Waals surface area contributed by atoms with Gasteiger partial charge in [-0.25, -0.2) is 8.42 Å². The second-order valence-electron chi connectivity index (χ2n) is 5.38. The largest absolute Gasteiger partial charge is 0.350 e. The van der Waals surface area contributed by atoms with Gasteiger partial charge in [-0.15, -0.1) is 0 Å². The van der Waals surface area contributed by atoms with Crippen LogP contribution in [0.1, 0.15) is 18.4 Å². The Kier molecular flexibility index (Phi) is 4.12. The molecule has 2 heterocycles. The van der Waals surface area contributed by atoms with Crippen LogP contribution in [-0.2, 0) is 14.8 Å². The summed E-state index contributed by atoms with van der Waals surface area (Å²) >= 11 is 0. The zero-order valence-corrected chi connectivity index (χ0v) is 12.8. The van der Waals surface area contributed by atoms with Gasteiger partial charge in [-0.2, -0.15) is 0 Å². The van der Waals surface area contributed by atoms with Crippen molar-refractivity contribution in [3.63, 3.8) is 0 Å². The maximum atomic E-state index is 11.9. The van der Waals surface area contributed by atoms with Gasteiger partial charge >= 0.3 is 0 Å². The van der Waals surface area contributed by atoms with E-state index < -0.39 is 10.0 Å². The van der Waals surface area contributed by atoms with Crippen LogP contribution in [0.2, 0.25) is 0 Å². The van der Waals surface area contributed by atoms with Crippen LogP contribution in [0.25, 0.3) is 0 Å². The molecule has 7 nitrogen and oxygen atoms in total. The smallest absolute Gasteiger partial charge is 0.263 e. The Morgan fingerprint density at radius 3 is 2.95 bits per heavy atom. The second kappa shape index (κ2) is 6.05. The van der Waals surface area contributed by atoms with Gasteiger partial charge in [0.05, 0.1) is 4.90 Å². The number of benzene rings is 1. The van der Waals surface area contributed by atoms with Gasteiger partial charge in [0.2, 0.25) is 5.91 Å². The Bertz CT molecular complexity index is 709. The number of fused-ring (bicyclic) bond motifs is 1. The molecule has 1 aromatic carbocycles. The summed E-state index contributed by atoms with van der Waals surface area (Å²) in [6.45, 7) is 1.65. The van der Waals surface area contributed by atoms with Crippen molar-refractivity contribution >= 4 is 21.8 Å². The summed E-state index contributed by atoms with van der Waals surface area (Å²) in [5, 5.41) is 6.12. The van der Waals surface area contributed by atoms with Crippen molar-refractivity contribution < 1.29 is 13.2 Å². The number of nitrogens with zero attached hydrogens (tertiary/aromatic N) is 1. The summed E-state index contributed by atoms with van der Waals surface area (Å²) in [6, 6.07) is 6.71. The Labute approximate surface area is 129 Å². The van der Waals surface area contributed by atoms with E-state index in [4.69, 9.17) is 0 Å². The number of nitrogens with one attached hydrogen (secondary N) is 3. The molecular formula is C14H18N4O3S. The topological polar surface area (TPSA) is 99.7 Å². The molecule has 0 bridgehead atoms.